The molecule has 0 saturated carbocycles. The van der Waals surface area contributed by atoms with E-state index >= 15 is 0 Å². The molecular weight excluding hydrogens is 254 g/mol. The predicted molar refractivity (Wildman–Crippen MR) is 81.4 cm³/mol. The van der Waals surface area contributed by atoms with E-state index in [1.54, 1.807) is 11.8 Å². The van der Waals surface area contributed by atoms with Gasteiger partial charge in [0.25, 0.3) is 0 Å². The van der Waals surface area contributed by atoms with Crippen molar-refractivity contribution in [3.8, 4) is 0 Å². The molecule has 2 aromatic rings. The molecule has 2 unspecified atom stereocenters. The fourth-order valence-corrected chi connectivity index (χ4v) is 3.14. The Hall–Kier alpha value is -1.26. The van der Waals surface area contributed by atoms with Gasteiger partial charge in [-0.1, -0.05) is 36.8 Å². The maximum atomic E-state index is 6.34. The molecule has 1 heterocycles. The quantitative estimate of drug-likeness (QED) is 0.871. The van der Waals surface area contributed by atoms with Gasteiger partial charge in [0.1, 0.15) is 0 Å². The summed E-state index contributed by atoms with van der Waals surface area (Å²) in [6.45, 7) is 6.26. The van der Waals surface area contributed by atoms with Crippen LogP contribution in [0, 0.1) is 13.8 Å². The Morgan fingerprint density at radius 1 is 1.21 bits per heavy atom. The fraction of sp³-hybridized carbons (Fsp3) is 0.400. The largest absolute Gasteiger partial charge is 0.323 e. The molecule has 0 amide bonds. The van der Waals surface area contributed by atoms with Gasteiger partial charge in [-0.3, -0.25) is 4.68 Å². The lowest BCUT2D eigenvalue weighted by atomic mass is 10.0. The molecular formula is C15H21N3S. The van der Waals surface area contributed by atoms with E-state index in [1.807, 2.05) is 18.7 Å². The number of aromatic nitrogens is 2. The van der Waals surface area contributed by atoms with Crippen LogP contribution in [0.3, 0.4) is 0 Å². The van der Waals surface area contributed by atoms with E-state index in [0.717, 1.165) is 10.7 Å². The van der Waals surface area contributed by atoms with Crippen molar-refractivity contribution in [1.82, 2.24) is 9.78 Å². The lowest BCUT2D eigenvalue weighted by molar-refractivity contribution is 0.678. The van der Waals surface area contributed by atoms with E-state index in [-0.39, 0.29) is 6.04 Å². The molecule has 0 radical (unpaired) electrons. The van der Waals surface area contributed by atoms with Crippen LogP contribution in [-0.2, 0) is 7.05 Å². The van der Waals surface area contributed by atoms with Crippen LogP contribution in [0.5, 0.6) is 0 Å². The monoisotopic (exact) mass is 275 g/mol. The van der Waals surface area contributed by atoms with E-state index in [2.05, 4.69) is 49.3 Å². The molecule has 0 aliphatic carbocycles. The Kier molecular flexibility index (Phi) is 4.32. The molecule has 0 saturated heterocycles. The summed E-state index contributed by atoms with van der Waals surface area (Å²) in [7, 11) is 1.97. The molecule has 0 fully saturated rings. The summed E-state index contributed by atoms with van der Waals surface area (Å²) in [5, 5.41) is 5.83. The van der Waals surface area contributed by atoms with Crippen LogP contribution in [0.4, 0.5) is 0 Å². The Bertz CT molecular complexity index is 545. The number of aryl methyl sites for hydroxylation is 3. The molecule has 4 heteroatoms. The second-order valence-electron chi connectivity index (χ2n) is 5.01. The van der Waals surface area contributed by atoms with Crippen LogP contribution in [0.15, 0.2) is 35.4 Å². The van der Waals surface area contributed by atoms with Crippen LogP contribution >= 0.6 is 11.8 Å². The molecule has 0 bridgehead atoms. The van der Waals surface area contributed by atoms with Gasteiger partial charge in [0.15, 0.2) is 0 Å². The third kappa shape index (κ3) is 3.39. The van der Waals surface area contributed by atoms with E-state index in [1.165, 1.54) is 11.1 Å². The highest BCUT2D eigenvalue weighted by molar-refractivity contribution is 7.99. The van der Waals surface area contributed by atoms with Gasteiger partial charge in [0, 0.05) is 18.3 Å². The lowest BCUT2D eigenvalue weighted by Gasteiger charge is -2.20. The SMILES string of the molecule is Cc1ccc(C(N)C(C)Sc2cc(C)nn2C)cc1. The van der Waals surface area contributed by atoms with Gasteiger partial charge in [-0.05, 0) is 25.5 Å². The molecule has 102 valence electrons. The van der Waals surface area contributed by atoms with Gasteiger partial charge < -0.3 is 5.73 Å². The number of thioether (sulfide) groups is 1. The van der Waals surface area contributed by atoms with Crippen molar-refractivity contribution in [2.45, 2.75) is 37.1 Å². The molecule has 2 atom stereocenters. The van der Waals surface area contributed by atoms with Gasteiger partial charge in [0.2, 0.25) is 0 Å². The molecule has 1 aromatic carbocycles. The Morgan fingerprint density at radius 2 is 1.84 bits per heavy atom. The van der Waals surface area contributed by atoms with E-state index in [9.17, 15) is 0 Å². The normalized spacial score (nSPS) is 14.4. The second-order valence-corrected chi connectivity index (χ2v) is 6.40. The number of hydrogen-bond donors (Lipinski definition) is 1. The summed E-state index contributed by atoms with van der Waals surface area (Å²) in [4.78, 5) is 0. The number of hydrogen-bond acceptors (Lipinski definition) is 3. The maximum absolute atomic E-state index is 6.34. The van der Waals surface area contributed by atoms with E-state index in [0.29, 0.717) is 5.25 Å². The van der Waals surface area contributed by atoms with Crippen molar-refractivity contribution in [2.75, 3.05) is 0 Å². The lowest BCUT2D eigenvalue weighted by Crippen LogP contribution is -2.21. The van der Waals surface area contributed by atoms with Crippen LogP contribution in [0.2, 0.25) is 0 Å². The number of nitrogens with two attached hydrogens (primary N) is 1. The van der Waals surface area contributed by atoms with Gasteiger partial charge in [-0.15, -0.1) is 11.8 Å². The fourth-order valence-electron chi connectivity index (χ4n) is 2.02. The van der Waals surface area contributed by atoms with Crippen LogP contribution in [0.1, 0.15) is 29.8 Å². The predicted octanol–water partition coefficient (Wildman–Crippen LogP) is 3.22. The molecule has 2 N–H and O–H groups in total. The summed E-state index contributed by atoms with van der Waals surface area (Å²) < 4.78 is 1.92. The molecule has 0 aliphatic rings. The first-order chi connectivity index (χ1) is 8.97. The zero-order chi connectivity index (χ0) is 14.0. The molecule has 19 heavy (non-hydrogen) atoms. The first-order valence-electron chi connectivity index (χ1n) is 6.47. The molecule has 1 aromatic heterocycles. The minimum atomic E-state index is 0.0285. The van der Waals surface area contributed by atoms with Gasteiger partial charge in [-0.25, -0.2) is 0 Å². The number of benzene rings is 1. The van der Waals surface area contributed by atoms with E-state index < -0.39 is 0 Å². The van der Waals surface area contributed by atoms with Crippen LogP contribution in [0.25, 0.3) is 0 Å². The topological polar surface area (TPSA) is 43.8 Å². The summed E-state index contributed by atoms with van der Waals surface area (Å²) in [6, 6.07) is 10.6. The maximum Gasteiger partial charge on any atom is 0.0942 e. The standard InChI is InChI=1S/C15H21N3S/c1-10-5-7-13(8-6-10)15(16)12(3)19-14-9-11(2)17-18(14)4/h5-9,12,15H,16H2,1-4H3. The number of nitrogens with zero attached hydrogens (tertiary/aromatic N) is 2. The Labute approximate surface area is 119 Å². The minimum Gasteiger partial charge on any atom is -0.323 e. The van der Waals surface area contributed by atoms with Crippen molar-refractivity contribution in [3.63, 3.8) is 0 Å². The van der Waals surface area contributed by atoms with Crippen molar-refractivity contribution in [1.29, 1.82) is 0 Å². The zero-order valence-electron chi connectivity index (χ0n) is 11.9. The third-order valence-corrected chi connectivity index (χ3v) is 4.52. The number of rotatable bonds is 4. The summed E-state index contributed by atoms with van der Waals surface area (Å²) in [5.74, 6) is 0. The van der Waals surface area contributed by atoms with Crippen LogP contribution in [-0.4, -0.2) is 15.0 Å². The second kappa shape index (κ2) is 5.80. The summed E-state index contributed by atoms with van der Waals surface area (Å²) in [6.07, 6.45) is 0. The van der Waals surface area contributed by atoms with Crippen molar-refractivity contribution >= 4 is 11.8 Å². The van der Waals surface area contributed by atoms with Crippen molar-refractivity contribution < 1.29 is 0 Å². The highest BCUT2D eigenvalue weighted by Gasteiger charge is 2.17. The van der Waals surface area contributed by atoms with Crippen molar-refractivity contribution in [2.24, 2.45) is 12.8 Å². The highest BCUT2D eigenvalue weighted by atomic mass is 32.2. The molecule has 0 spiro atoms. The zero-order valence-corrected chi connectivity index (χ0v) is 12.7. The first kappa shape index (κ1) is 14.2. The van der Waals surface area contributed by atoms with Gasteiger partial charge in [0.05, 0.1) is 10.7 Å². The average molecular weight is 275 g/mol. The summed E-state index contributed by atoms with van der Waals surface area (Å²) in [5.41, 5.74) is 9.83. The highest BCUT2D eigenvalue weighted by Crippen LogP contribution is 2.30. The summed E-state index contributed by atoms with van der Waals surface area (Å²) >= 11 is 1.77. The third-order valence-electron chi connectivity index (χ3n) is 3.23. The van der Waals surface area contributed by atoms with Crippen molar-refractivity contribution in [3.05, 3.63) is 47.2 Å². The minimum absolute atomic E-state index is 0.0285. The Morgan fingerprint density at radius 3 is 2.37 bits per heavy atom. The smallest absolute Gasteiger partial charge is 0.0942 e. The Balaban J connectivity index is 2.09. The van der Waals surface area contributed by atoms with E-state index in [4.69, 9.17) is 5.73 Å². The van der Waals surface area contributed by atoms with Gasteiger partial charge in [-0.2, -0.15) is 5.10 Å². The first-order valence-corrected chi connectivity index (χ1v) is 7.35. The van der Waals surface area contributed by atoms with Crippen LogP contribution < -0.4 is 5.73 Å². The average Bonchev–Trinajstić information content (AvgIpc) is 2.68. The molecule has 0 aliphatic heterocycles. The van der Waals surface area contributed by atoms with Gasteiger partial charge >= 0.3 is 0 Å². The molecule has 3 nitrogen and oxygen atoms in total. The molecule has 2 rings (SSSR count).